The minimum Gasteiger partial charge on any atom is -0.493 e. The van der Waals surface area contributed by atoms with Crippen LogP contribution >= 0.6 is 11.3 Å². The van der Waals surface area contributed by atoms with E-state index in [0.29, 0.717) is 23.8 Å². The van der Waals surface area contributed by atoms with Gasteiger partial charge >= 0.3 is 5.97 Å². The predicted octanol–water partition coefficient (Wildman–Crippen LogP) is 3.57. The van der Waals surface area contributed by atoms with Crippen molar-refractivity contribution in [2.24, 2.45) is 5.92 Å². The van der Waals surface area contributed by atoms with E-state index in [-0.39, 0.29) is 5.97 Å². The first kappa shape index (κ1) is 16.9. The van der Waals surface area contributed by atoms with Crippen molar-refractivity contribution in [2.75, 3.05) is 26.9 Å². The monoisotopic (exact) mass is 347 g/mol. The minimum atomic E-state index is -0.377. The van der Waals surface area contributed by atoms with Gasteiger partial charge in [-0.1, -0.05) is 6.92 Å². The van der Waals surface area contributed by atoms with Crippen LogP contribution in [0.15, 0.2) is 24.4 Å². The SMILES string of the molecule is CCc1cnc(-c2cc(OC[C@H]3CCOC3)cc(C(=O)OC)c2)s1. The molecule has 0 bridgehead atoms. The van der Waals surface area contributed by atoms with Gasteiger partial charge in [0.05, 0.1) is 25.9 Å². The van der Waals surface area contributed by atoms with Crippen molar-refractivity contribution in [3.8, 4) is 16.3 Å². The Bertz CT molecular complexity index is 707. The second kappa shape index (κ2) is 7.77. The fourth-order valence-corrected chi connectivity index (χ4v) is 3.41. The molecular formula is C18H21NO4S. The molecule has 0 spiro atoms. The maximum absolute atomic E-state index is 12.0. The number of benzene rings is 1. The summed E-state index contributed by atoms with van der Waals surface area (Å²) in [6, 6.07) is 5.45. The zero-order chi connectivity index (χ0) is 16.9. The lowest BCUT2D eigenvalue weighted by molar-refractivity contribution is 0.0600. The number of rotatable bonds is 6. The van der Waals surface area contributed by atoms with Gasteiger partial charge in [0.25, 0.3) is 0 Å². The Hall–Kier alpha value is -1.92. The Balaban J connectivity index is 1.86. The molecule has 1 aromatic carbocycles. The van der Waals surface area contributed by atoms with Crippen LogP contribution in [0.5, 0.6) is 5.75 Å². The van der Waals surface area contributed by atoms with Crippen molar-refractivity contribution < 1.29 is 19.0 Å². The summed E-state index contributed by atoms with van der Waals surface area (Å²) in [4.78, 5) is 17.6. The molecule has 2 heterocycles. The average Bonchev–Trinajstić information content (AvgIpc) is 3.30. The molecule has 0 amide bonds. The van der Waals surface area contributed by atoms with E-state index in [1.807, 2.05) is 12.3 Å². The zero-order valence-electron chi connectivity index (χ0n) is 13.9. The van der Waals surface area contributed by atoms with Gasteiger partial charge in [-0.25, -0.2) is 9.78 Å². The molecular weight excluding hydrogens is 326 g/mol. The van der Waals surface area contributed by atoms with E-state index in [9.17, 15) is 4.79 Å². The molecule has 1 aliphatic rings. The second-order valence-corrected chi connectivity index (χ2v) is 6.88. The van der Waals surface area contributed by atoms with E-state index in [1.165, 1.54) is 12.0 Å². The highest BCUT2D eigenvalue weighted by molar-refractivity contribution is 7.15. The fourth-order valence-electron chi connectivity index (χ4n) is 2.57. The molecule has 6 heteroatoms. The lowest BCUT2D eigenvalue weighted by atomic mass is 10.1. The number of aryl methyl sites for hydroxylation is 1. The molecule has 0 N–H and O–H groups in total. The van der Waals surface area contributed by atoms with Crippen LogP contribution < -0.4 is 4.74 Å². The first-order valence-corrected chi connectivity index (χ1v) is 8.90. The first-order chi connectivity index (χ1) is 11.7. The third kappa shape index (κ3) is 3.94. The molecule has 1 atom stereocenters. The summed E-state index contributed by atoms with van der Waals surface area (Å²) in [6.45, 7) is 4.21. The number of carbonyl (C=O) groups excluding carboxylic acids is 1. The molecule has 128 valence electrons. The number of nitrogens with zero attached hydrogens (tertiary/aromatic N) is 1. The number of methoxy groups -OCH3 is 1. The second-order valence-electron chi connectivity index (χ2n) is 5.76. The summed E-state index contributed by atoms with van der Waals surface area (Å²) in [5, 5.41) is 0.881. The van der Waals surface area contributed by atoms with Crippen molar-refractivity contribution in [1.82, 2.24) is 4.98 Å². The first-order valence-electron chi connectivity index (χ1n) is 8.08. The van der Waals surface area contributed by atoms with Crippen LogP contribution in [0.25, 0.3) is 10.6 Å². The highest BCUT2D eigenvalue weighted by Gasteiger charge is 2.18. The Morgan fingerprint density at radius 1 is 1.42 bits per heavy atom. The predicted molar refractivity (Wildman–Crippen MR) is 92.7 cm³/mol. The lowest BCUT2D eigenvalue weighted by Gasteiger charge is -2.12. The fraction of sp³-hybridized carbons (Fsp3) is 0.444. The third-order valence-corrected chi connectivity index (χ3v) is 5.18. The van der Waals surface area contributed by atoms with E-state index in [1.54, 1.807) is 23.5 Å². The summed E-state index contributed by atoms with van der Waals surface area (Å²) >= 11 is 1.63. The number of ether oxygens (including phenoxy) is 3. The van der Waals surface area contributed by atoms with Gasteiger partial charge in [-0.3, -0.25) is 0 Å². The third-order valence-electron chi connectivity index (χ3n) is 3.99. The van der Waals surface area contributed by atoms with Gasteiger partial charge in [-0.2, -0.15) is 0 Å². The molecule has 3 rings (SSSR count). The van der Waals surface area contributed by atoms with Gasteiger partial charge in [-0.15, -0.1) is 11.3 Å². The molecule has 5 nitrogen and oxygen atoms in total. The molecule has 0 radical (unpaired) electrons. The van der Waals surface area contributed by atoms with E-state index >= 15 is 0 Å². The average molecular weight is 347 g/mol. The van der Waals surface area contributed by atoms with Gasteiger partial charge in [0, 0.05) is 29.2 Å². The smallest absolute Gasteiger partial charge is 0.338 e. The minimum absolute atomic E-state index is 0.377. The van der Waals surface area contributed by atoms with Crippen LogP contribution in [-0.2, 0) is 15.9 Å². The van der Waals surface area contributed by atoms with Crippen molar-refractivity contribution in [2.45, 2.75) is 19.8 Å². The van der Waals surface area contributed by atoms with Crippen molar-refractivity contribution in [3.63, 3.8) is 0 Å². The van der Waals surface area contributed by atoms with Crippen LogP contribution in [0.4, 0.5) is 0 Å². The van der Waals surface area contributed by atoms with Crippen molar-refractivity contribution >= 4 is 17.3 Å². The van der Waals surface area contributed by atoms with Crippen LogP contribution in [0.2, 0.25) is 0 Å². The number of hydrogen-bond acceptors (Lipinski definition) is 6. The highest BCUT2D eigenvalue weighted by atomic mass is 32.1. The van der Waals surface area contributed by atoms with Gasteiger partial charge in [0.15, 0.2) is 0 Å². The summed E-state index contributed by atoms with van der Waals surface area (Å²) in [5.41, 5.74) is 1.35. The number of thiazole rings is 1. The Labute approximate surface area is 145 Å². The molecule has 1 fully saturated rings. The number of esters is 1. The van der Waals surface area contributed by atoms with E-state index in [0.717, 1.165) is 36.6 Å². The van der Waals surface area contributed by atoms with Gasteiger partial charge in [0.1, 0.15) is 10.8 Å². The quantitative estimate of drug-likeness (QED) is 0.748. The van der Waals surface area contributed by atoms with Crippen molar-refractivity contribution in [1.29, 1.82) is 0 Å². The largest absolute Gasteiger partial charge is 0.493 e. The van der Waals surface area contributed by atoms with Crippen LogP contribution in [0, 0.1) is 5.92 Å². The molecule has 0 aliphatic carbocycles. The van der Waals surface area contributed by atoms with E-state index in [2.05, 4.69) is 11.9 Å². The van der Waals surface area contributed by atoms with Crippen molar-refractivity contribution in [3.05, 3.63) is 34.8 Å². The van der Waals surface area contributed by atoms with E-state index < -0.39 is 0 Å². The Kier molecular flexibility index (Phi) is 5.48. The number of carbonyl (C=O) groups is 1. The number of hydrogen-bond donors (Lipinski definition) is 0. The van der Waals surface area contributed by atoms with Gasteiger partial charge in [-0.05, 0) is 31.0 Å². The Morgan fingerprint density at radius 3 is 2.96 bits per heavy atom. The van der Waals surface area contributed by atoms with Gasteiger partial charge < -0.3 is 14.2 Å². The lowest BCUT2D eigenvalue weighted by Crippen LogP contribution is -2.12. The zero-order valence-corrected chi connectivity index (χ0v) is 14.7. The molecule has 1 aliphatic heterocycles. The standard InChI is InChI=1S/C18H21NO4S/c1-3-16-9-19-17(24-16)13-6-14(18(20)21-2)8-15(7-13)23-11-12-4-5-22-10-12/h6-9,12H,3-5,10-11H2,1-2H3/t12-/m0/s1. The maximum atomic E-state index is 12.0. The summed E-state index contributed by atoms with van der Waals surface area (Å²) in [6.07, 6.45) is 3.83. The summed E-state index contributed by atoms with van der Waals surface area (Å²) in [7, 11) is 1.38. The summed E-state index contributed by atoms with van der Waals surface area (Å²) < 4.78 is 16.1. The van der Waals surface area contributed by atoms with Crippen LogP contribution in [-0.4, -0.2) is 37.9 Å². The molecule has 0 unspecified atom stereocenters. The topological polar surface area (TPSA) is 57.7 Å². The summed E-state index contributed by atoms with van der Waals surface area (Å²) in [5.74, 6) is 0.688. The molecule has 0 saturated carbocycles. The Morgan fingerprint density at radius 2 is 2.29 bits per heavy atom. The molecule has 24 heavy (non-hydrogen) atoms. The normalized spacial score (nSPS) is 17.0. The maximum Gasteiger partial charge on any atom is 0.338 e. The molecule has 1 aromatic heterocycles. The molecule has 2 aromatic rings. The molecule has 1 saturated heterocycles. The van der Waals surface area contributed by atoms with Gasteiger partial charge in [0.2, 0.25) is 0 Å². The highest BCUT2D eigenvalue weighted by Crippen LogP contribution is 2.30. The number of aromatic nitrogens is 1. The van der Waals surface area contributed by atoms with Crippen LogP contribution in [0.3, 0.4) is 0 Å². The van der Waals surface area contributed by atoms with Crippen LogP contribution in [0.1, 0.15) is 28.6 Å². The van der Waals surface area contributed by atoms with E-state index in [4.69, 9.17) is 14.2 Å².